The minimum absolute atomic E-state index is 0.406. The first kappa shape index (κ1) is 15.2. The second-order valence-electron chi connectivity index (χ2n) is 5.46. The van der Waals surface area contributed by atoms with Gasteiger partial charge in [-0.3, -0.25) is 0 Å². The van der Waals surface area contributed by atoms with Crippen LogP contribution in [0.3, 0.4) is 0 Å². The lowest BCUT2D eigenvalue weighted by atomic mass is 10.1. The van der Waals surface area contributed by atoms with Crippen molar-refractivity contribution in [1.82, 2.24) is 0 Å². The SMILES string of the molecule is COC(=O)c1c(C)oc2ccc(OCc3ccc(C)cc3)cc12. The highest BCUT2D eigenvalue weighted by molar-refractivity contribution is 6.04. The van der Waals surface area contributed by atoms with Crippen LogP contribution in [0.1, 0.15) is 27.2 Å². The average molecular weight is 310 g/mol. The standard InChI is InChI=1S/C19H18O4/c1-12-4-6-14(7-5-12)11-22-15-8-9-17-16(10-15)18(13(2)23-17)19(20)21-3/h4-10H,11H2,1-3H3. The summed E-state index contributed by atoms with van der Waals surface area (Å²) in [5.74, 6) is 0.823. The van der Waals surface area contributed by atoms with Crippen LogP contribution in [-0.4, -0.2) is 13.1 Å². The summed E-state index contributed by atoms with van der Waals surface area (Å²) in [5, 5.41) is 0.704. The van der Waals surface area contributed by atoms with Crippen molar-refractivity contribution in [3.63, 3.8) is 0 Å². The zero-order valence-electron chi connectivity index (χ0n) is 13.4. The highest BCUT2D eigenvalue weighted by atomic mass is 16.5. The molecule has 0 aliphatic heterocycles. The van der Waals surface area contributed by atoms with Gasteiger partial charge in [0.1, 0.15) is 29.3 Å². The molecule has 0 saturated heterocycles. The third-order valence-electron chi connectivity index (χ3n) is 3.75. The molecule has 1 heterocycles. The lowest BCUT2D eigenvalue weighted by Crippen LogP contribution is -2.02. The topological polar surface area (TPSA) is 48.7 Å². The van der Waals surface area contributed by atoms with Gasteiger partial charge in [0.2, 0.25) is 0 Å². The number of carbonyl (C=O) groups excluding carboxylic acids is 1. The van der Waals surface area contributed by atoms with Crippen LogP contribution in [0.5, 0.6) is 5.75 Å². The molecule has 0 N–H and O–H groups in total. The van der Waals surface area contributed by atoms with Crippen molar-refractivity contribution in [2.45, 2.75) is 20.5 Å². The van der Waals surface area contributed by atoms with Gasteiger partial charge < -0.3 is 13.9 Å². The second kappa shape index (κ2) is 6.16. The van der Waals surface area contributed by atoms with Gasteiger partial charge in [0.05, 0.1) is 7.11 Å². The molecule has 0 spiro atoms. The second-order valence-corrected chi connectivity index (χ2v) is 5.46. The van der Waals surface area contributed by atoms with E-state index in [2.05, 4.69) is 12.1 Å². The first-order valence-electron chi connectivity index (χ1n) is 7.38. The summed E-state index contributed by atoms with van der Waals surface area (Å²) in [6.07, 6.45) is 0. The smallest absolute Gasteiger partial charge is 0.342 e. The molecule has 0 aliphatic rings. The molecule has 4 nitrogen and oxygen atoms in total. The first-order valence-corrected chi connectivity index (χ1v) is 7.38. The molecule has 0 radical (unpaired) electrons. The van der Waals surface area contributed by atoms with Crippen molar-refractivity contribution < 1.29 is 18.7 Å². The van der Waals surface area contributed by atoms with Crippen LogP contribution in [-0.2, 0) is 11.3 Å². The van der Waals surface area contributed by atoms with Gasteiger partial charge in [-0.15, -0.1) is 0 Å². The molecule has 0 fully saturated rings. The summed E-state index contributed by atoms with van der Waals surface area (Å²) in [5.41, 5.74) is 3.40. The minimum Gasteiger partial charge on any atom is -0.489 e. The molecule has 3 aromatic rings. The number of ether oxygens (including phenoxy) is 2. The lowest BCUT2D eigenvalue weighted by molar-refractivity contribution is 0.0601. The van der Waals surface area contributed by atoms with Gasteiger partial charge in [-0.05, 0) is 37.6 Å². The Morgan fingerprint density at radius 2 is 1.83 bits per heavy atom. The largest absolute Gasteiger partial charge is 0.489 e. The zero-order chi connectivity index (χ0) is 16.4. The highest BCUT2D eigenvalue weighted by Gasteiger charge is 2.19. The molecule has 0 saturated carbocycles. The average Bonchev–Trinajstić information content (AvgIpc) is 2.88. The molecule has 0 amide bonds. The Labute approximate surface area is 134 Å². The van der Waals surface area contributed by atoms with E-state index in [0.717, 1.165) is 5.56 Å². The fourth-order valence-electron chi connectivity index (χ4n) is 2.50. The first-order chi connectivity index (χ1) is 11.1. The Hall–Kier alpha value is -2.75. The molecule has 23 heavy (non-hydrogen) atoms. The molecule has 0 bridgehead atoms. The predicted molar refractivity (Wildman–Crippen MR) is 87.8 cm³/mol. The highest BCUT2D eigenvalue weighted by Crippen LogP contribution is 2.29. The van der Waals surface area contributed by atoms with Crippen LogP contribution in [0, 0.1) is 13.8 Å². The van der Waals surface area contributed by atoms with E-state index in [1.165, 1.54) is 12.7 Å². The van der Waals surface area contributed by atoms with Gasteiger partial charge in [0.15, 0.2) is 0 Å². The van der Waals surface area contributed by atoms with Crippen LogP contribution < -0.4 is 4.74 Å². The molecule has 0 atom stereocenters. The van der Waals surface area contributed by atoms with Gasteiger partial charge in [0.25, 0.3) is 0 Å². The molecular formula is C19H18O4. The maximum absolute atomic E-state index is 11.9. The number of fused-ring (bicyclic) bond motifs is 1. The van der Waals surface area contributed by atoms with Crippen LogP contribution in [0.25, 0.3) is 11.0 Å². The molecule has 1 aromatic heterocycles. The van der Waals surface area contributed by atoms with Crippen molar-refractivity contribution in [2.24, 2.45) is 0 Å². The summed E-state index contributed by atoms with van der Waals surface area (Å²) < 4.78 is 16.2. The number of furan rings is 1. The Morgan fingerprint density at radius 3 is 2.52 bits per heavy atom. The fourth-order valence-corrected chi connectivity index (χ4v) is 2.50. The third kappa shape index (κ3) is 3.06. The van der Waals surface area contributed by atoms with Gasteiger partial charge in [-0.1, -0.05) is 29.8 Å². The number of aryl methyl sites for hydroxylation is 2. The molecular weight excluding hydrogens is 292 g/mol. The van der Waals surface area contributed by atoms with Crippen molar-refractivity contribution in [3.05, 3.63) is 64.9 Å². The normalized spacial score (nSPS) is 10.7. The van der Waals surface area contributed by atoms with Crippen molar-refractivity contribution >= 4 is 16.9 Å². The lowest BCUT2D eigenvalue weighted by Gasteiger charge is -2.07. The molecule has 4 heteroatoms. The molecule has 3 rings (SSSR count). The third-order valence-corrected chi connectivity index (χ3v) is 3.75. The molecule has 118 valence electrons. The van der Waals surface area contributed by atoms with Crippen LogP contribution >= 0.6 is 0 Å². The van der Waals surface area contributed by atoms with Crippen LogP contribution in [0.2, 0.25) is 0 Å². The van der Waals surface area contributed by atoms with E-state index in [-0.39, 0.29) is 0 Å². The van der Waals surface area contributed by atoms with Gasteiger partial charge in [-0.25, -0.2) is 4.79 Å². The monoisotopic (exact) mass is 310 g/mol. The summed E-state index contributed by atoms with van der Waals surface area (Å²) >= 11 is 0. The van der Waals surface area contributed by atoms with Crippen LogP contribution in [0.4, 0.5) is 0 Å². The summed E-state index contributed by atoms with van der Waals surface area (Å²) in [7, 11) is 1.36. The Morgan fingerprint density at radius 1 is 1.09 bits per heavy atom. The molecule has 2 aromatic carbocycles. The molecule has 0 aliphatic carbocycles. The maximum atomic E-state index is 11.9. The van der Waals surface area contributed by atoms with E-state index >= 15 is 0 Å². The number of benzene rings is 2. The number of carbonyl (C=O) groups is 1. The van der Waals surface area contributed by atoms with Gasteiger partial charge >= 0.3 is 5.97 Å². The fraction of sp³-hybridized carbons (Fsp3) is 0.211. The minimum atomic E-state index is -0.406. The molecule has 0 unspecified atom stereocenters. The van der Waals surface area contributed by atoms with Gasteiger partial charge in [-0.2, -0.15) is 0 Å². The van der Waals surface area contributed by atoms with E-state index in [1.54, 1.807) is 13.0 Å². The number of esters is 1. The van der Waals surface area contributed by atoms with E-state index in [4.69, 9.17) is 13.9 Å². The number of hydrogen-bond donors (Lipinski definition) is 0. The van der Waals surface area contributed by atoms with Gasteiger partial charge in [0, 0.05) is 5.39 Å². The maximum Gasteiger partial charge on any atom is 0.342 e. The quantitative estimate of drug-likeness (QED) is 0.669. The Balaban J connectivity index is 1.87. The van der Waals surface area contributed by atoms with E-state index in [0.29, 0.717) is 34.6 Å². The predicted octanol–water partition coefficient (Wildman–Crippen LogP) is 4.42. The number of rotatable bonds is 4. The number of hydrogen-bond acceptors (Lipinski definition) is 4. The summed E-state index contributed by atoms with van der Waals surface area (Å²) in [6, 6.07) is 13.6. The Bertz CT molecular complexity index is 844. The van der Waals surface area contributed by atoms with Crippen molar-refractivity contribution in [1.29, 1.82) is 0 Å². The van der Waals surface area contributed by atoms with Crippen molar-refractivity contribution in [3.8, 4) is 5.75 Å². The van der Waals surface area contributed by atoms with E-state index < -0.39 is 5.97 Å². The summed E-state index contributed by atoms with van der Waals surface area (Å²) in [4.78, 5) is 11.9. The van der Waals surface area contributed by atoms with Crippen LogP contribution in [0.15, 0.2) is 46.9 Å². The zero-order valence-corrected chi connectivity index (χ0v) is 13.4. The van der Waals surface area contributed by atoms with E-state index in [1.807, 2.05) is 31.2 Å². The summed E-state index contributed by atoms with van der Waals surface area (Å²) in [6.45, 7) is 4.27. The van der Waals surface area contributed by atoms with Crippen molar-refractivity contribution in [2.75, 3.05) is 7.11 Å². The Kier molecular flexibility index (Phi) is 4.06. The number of methoxy groups -OCH3 is 1. The van der Waals surface area contributed by atoms with E-state index in [9.17, 15) is 4.79 Å².